The molecule has 2 aliphatic rings. The molecule has 2 aromatic carbocycles. The molecule has 36 heavy (non-hydrogen) atoms. The van der Waals surface area contributed by atoms with E-state index in [4.69, 9.17) is 9.72 Å². The van der Waals surface area contributed by atoms with Crippen LogP contribution >= 0.6 is 0 Å². The van der Waals surface area contributed by atoms with Crippen molar-refractivity contribution in [3.05, 3.63) is 59.3 Å². The van der Waals surface area contributed by atoms with E-state index in [1.165, 1.54) is 6.07 Å². The number of nitrogens with zero attached hydrogens (tertiary/aromatic N) is 4. The Bertz CT molecular complexity index is 1260. The fourth-order valence-electron chi connectivity index (χ4n) is 4.98. The highest BCUT2D eigenvalue weighted by Crippen LogP contribution is 2.30. The van der Waals surface area contributed by atoms with Gasteiger partial charge in [0.1, 0.15) is 5.82 Å². The lowest BCUT2D eigenvalue weighted by atomic mass is 10.0. The third-order valence-corrected chi connectivity index (χ3v) is 7.17. The van der Waals surface area contributed by atoms with Crippen LogP contribution in [-0.4, -0.2) is 60.2 Å². The number of fused-ring (bicyclic) bond motifs is 1. The summed E-state index contributed by atoms with van der Waals surface area (Å²) in [5, 5.41) is 3.24. The molecule has 9 heteroatoms. The van der Waals surface area contributed by atoms with Gasteiger partial charge < -0.3 is 19.9 Å². The second-order valence-electron chi connectivity index (χ2n) is 9.57. The summed E-state index contributed by atoms with van der Waals surface area (Å²) in [6.07, 6.45) is 3.80. The number of hydrogen-bond donors (Lipinski definition) is 1. The predicted molar refractivity (Wildman–Crippen MR) is 135 cm³/mol. The number of nitrogens with one attached hydrogen (secondary N) is 1. The Kier molecular flexibility index (Phi) is 7.00. The number of amides is 1. The maximum atomic E-state index is 13.8. The molecule has 1 aromatic heterocycles. The molecular formula is C27H31F2N5O2. The number of ether oxygens (including phenoxy) is 1. The van der Waals surface area contributed by atoms with Crippen LogP contribution in [0.5, 0.6) is 0 Å². The number of anilines is 2. The molecule has 3 aromatic rings. The highest BCUT2D eigenvalue weighted by molar-refractivity contribution is 5.98. The molecule has 0 spiro atoms. The average Bonchev–Trinajstić information content (AvgIpc) is 3.39. The van der Waals surface area contributed by atoms with E-state index in [1.54, 1.807) is 12.3 Å². The van der Waals surface area contributed by atoms with Crippen LogP contribution in [0.3, 0.4) is 0 Å². The van der Waals surface area contributed by atoms with Gasteiger partial charge in [-0.25, -0.2) is 13.8 Å². The molecule has 5 rings (SSSR count). The number of carbonyl (C=O) groups is 1. The van der Waals surface area contributed by atoms with Gasteiger partial charge in [0, 0.05) is 49.1 Å². The summed E-state index contributed by atoms with van der Waals surface area (Å²) in [5.74, 6) is -0.568. The molecule has 3 heterocycles. The summed E-state index contributed by atoms with van der Waals surface area (Å²) >= 11 is 0. The molecule has 0 radical (unpaired) electrons. The van der Waals surface area contributed by atoms with Crippen LogP contribution in [0, 0.1) is 17.6 Å². The smallest absolute Gasteiger partial charge is 0.253 e. The van der Waals surface area contributed by atoms with Crippen molar-refractivity contribution in [3.63, 3.8) is 0 Å². The van der Waals surface area contributed by atoms with E-state index in [-0.39, 0.29) is 11.9 Å². The number of morpholine rings is 1. The zero-order valence-corrected chi connectivity index (χ0v) is 20.6. The van der Waals surface area contributed by atoms with Gasteiger partial charge in [-0.2, -0.15) is 0 Å². The van der Waals surface area contributed by atoms with E-state index < -0.39 is 11.6 Å². The molecule has 2 saturated heterocycles. The zero-order valence-electron chi connectivity index (χ0n) is 20.6. The van der Waals surface area contributed by atoms with Crippen molar-refractivity contribution >= 4 is 28.4 Å². The summed E-state index contributed by atoms with van der Waals surface area (Å²) < 4.78 is 32.8. The molecular weight excluding hydrogens is 464 g/mol. The fourth-order valence-corrected chi connectivity index (χ4v) is 4.98. The van der Waals surface area contributed by atoms with Gasteiger partial charge in [0.25, 0.3) is 5.91 Å². The second kappa shape index (κ2) is 10.3. The van der Waals surface area contributed by atoms with Crippen molar-refractivity contribution in [1.82, 2.24) is 14.9 Å². The van der Waals surface area contributed by atoms with Crippen LogP contribution in [0.25, 0.3) is 11.0 Å². The zero-order chi connectivity index (χ0) is 25.2. The fraction of sp³-hybridized carbons (Fsp3) is 0.444. The van der Waals surface area contributed by atoms with E-state index in [2.05, 4.69) is 22.1 Å². The van der Waals surface area contributed by atoms with E-state index in [0.717, 1.165) is 62.5 Å². The van der Waals surface area contributed by atoms with E-state index in [1.807, 2.05) is 17.9 Å². The lowest BCUT2D eigenvalue weighted by Crippen LogP contribution is -2.36. The summed E-state index contributed by atoms with van der Waals surface area (Å²) in [4.78, 5) is 27.1. The largest absolute Gasteiger partial charge is 0.378 e. The van der Waals surface area contributed by atoms with Crippen molar-refractivity contribution in [2.75, 3.05) is 49.6 Å². The van der Waals surface area contributed by atoms with Crippen LogP contribution in [0.4, 0.5) is 20.3 Å². The molecule has 0 bridgehead atoms. The molecule has 1 N–H and O–H groups in total. The minimum absolute atomic E-state index is 0.0202. The highest BCUT2D eigenvalue weighted by Gasteiger charge is 2.27. The average molecular weight is 496 g/mol. The topological polar surface area (TPSA) is 70.6 Å². The number of aromatic nitrogens is 2. The van der Waals surface area contributed by atoms with Gasteiger partial charge in [0.2, 0.25) is 0 Å². The van der Waals surface area contributed by atoms with E-state index in [0.29, 0.717) is 41.4 Å². The van der Waals surface area contributed by atoms with Gasteiger partial charge in [-0.3, -0.25) is 9.78 Å². The minimum Gasteiger partial charge on any atom is -0.378 e. The Balaban J connectivity index is 1.53. The van der Waals surface area contributed by atoms with Crippen LogP contribution in [0.2, 0.25) is 0 Å². The molecule has 2 aliphatic heterocycles. The Morgan fingerprint density at radius 3 is 2.69 bits per heavy atom. The number of halogens is 2. The SMILES string of the molecule is CC[C@H]1CCN(C(=O)c2cc(C(C)Nc3ccc(F)c(F)c3)c3nc(N4CCOCC4)cnc3c2)C1. The van der Waals surface area contributed by atoms with Crippen molar-refractivity contribution in [3.8, 4) is 0 Å². The monoisotopic (exact) mass is 495 g/mol. The highest BCUT2D eigenvalue weighted by atomic mass is 19.2. The summed E-state index contributed by atoms with van der Waals surface area (Å²) in [6.45, 7) is 8.27. The lowest BCUT2D eigenvalue weighted by molar-refractivity contribution is 0.0787. The predicted octanol–water partition coefficient (Wildman–Crippen LogP) is 4.79. The van der Waals surface area contributed by atoms with Crippen LogP contribution in [0.15, 0.2) is 36.5 Å². The number of hydrogen-bond acceptors (Lipinski definition) is 6. The maximum Gasteiger partial charge on any atom is 0.253 e. The Hall–Kier alpha value is -3.33. The van der Waals surface area contributed by atoms with Crippen molar-refractivity contribution in [2.45, 2.75) is 32.7 Å². The Labute approximate surface area is 209 Å². The first-order valence-electron chi connectivity index (χ1n) is 12.6. The van der Waals surface area contributed by atoms with Crippen LogP contribution in [0.1, 0.15) is 48.7 Å². The molecule has 0 aliphatic carbocycles. The van der Waals surface area contributed by atoms with Gasteiger partial charge in [0.05, 0.1) is 36.5 Å². The first-order valence-corrected chi connectivity index (χ1v) is 12.6. The lowest BCUT2D eigenvalue weighted by Gasteiger charge is -2.28. The maximum absolute atomic E-state index is 13.8. The van der Waals surface area contributed by atoms with Gasteiger partial charge >= 0.3 is 0 Å². The number of rotatable bonds is 6. The number of likely N-dealkylation sites (tertiary alicyclic amines) is 1. The Morgan fingerprint density at radius 2 is 1.97 bits per heavy atom. The van der Waals surface area contributed by atoms with Gasteiger partial charge in [-0.15, -0.1) is 0 Å². The molecule has 1 unspecified atom stereocenters. The first-order chi connectivity index (χ1) is 17.4. The first kappa shape index (κ1) is 24.4. The van der Waals surface area contributed by atoms with Gasteiger partial charge in [-0.05, 0) is 43.5 Å². The molecule has 2 fully saturated rings. The summed E-state index contributed by atoms with van der Waals surface area (Å²) in [7, 11) is 0. The molecule has 1 amide bonds. The minimum atomic E-state index is -0.921. The van der Waals surface area contributed by atoms with Crippen LogP contribution < -0.4 is 10.2 Å². The summed E-state index contributed by atoms with van der Waals surface area (Å²) in [5.41, 5.74) is 3.06. The van der Waals surface area contributed by atoms with Crippen molar-refractivity contribution < 1.29 is 18.3 Å². The van der Waals surface area contributed by atoms with E-state index >= 15 is 0 Å². The Morgan fingerprint density at radius 1 is 1.17 bits per heavy atom. The summed E-state index contributed by atoms with van der Waals surface area (Å²) in [6, 6.07) is 7.03. The molecule has 2 atom stereocenters. The third kappa shape index (κ3) is 4.97. The van der Waals surface area contributed by atoms with Crippen molar-refractivity contribution in [1.29, 1.82) is 0 Å². The molecule has 190 valence electrons. The van der Waals surface area contributed by atoms with Gasteiger partial charge in [0.15, 0.2) is 11.6 Å². The molecule has 7 nitrogen and oxygen atoms in total. The number of carbonyl (C=O) groups excluding carboxylic acids is 1. The second-order valence-corrected chi connectivity index (χ2v) is 9.57. The third-order valence-electron chi connectivity index (χ3n) is 7.17. The van der Waals surface area contributed by atoms with Crippen LogP contribution in [-0.2, 0) is 4.74 Å². The molecule has 0 saturated carbocycles. The number of benzene rings is 2. The standard InChI is InChI=1S/C27H31F2N5O2/c1-3-18-6-7-34(16-18)27(35)19-12-21(17(2)31-20-4-5-22(28)23(29)14-20)26-24(13-19)30-15-25(32-26)33-8-10-36-11-9-33/h4-5,12-15,17-18,31H,3,6-11,16H2,1-2H3/t17?,18-/m0/s1. The van der Waals surface area contributed by atoms with Crippen molar-refractivity contribution in [2.24, 2.45) is 5.92 Å². The normalized spacial score (nSPS) is 19.1. The van der Waals surface area contributed by atoms with E-state index in [9.17, 15) is 13.6 Å². The quantitative estimate of drug-likeness (QED) is 0.530. The van der Waals surface area contributed by atoms with Gasteiger partial charge in [-0.1, -0.05) is 13.3 Å².